The predicted octanol–water partition coefficient (Wildman–Crippen LogP) is 3.42. The molecule has 0 N–H and O–H groups in total. The average Bonchev–Trinajstić information content (AvgIpc) is 2.88. The fourth-order valence-electron chi connectivity index (χ4n) is 2.78. The Morgan fingerprint density at radius 3 is 2.95 bits per heavy atom. The van der Waals surface area contributed by atoms with Gasteiger partial charge in [0.2, 0.25) is 0 Å². The summed E-state index contributed by atoms with van der Waals surface area (Å²) in [5.41, 5.74) is 0.758. The van der Waals surface area contributed by atoms with Gasteiger partial charge in [0, 0.05) is 11.3 Å². The molecule has 1 saturated heterocycles. The Bertz CT molecular complexity index is 692. The highest BCUT2D eigenvalue weighted by atomic mass is 35.5. The third kappa shape index (κ3) is 2.47. The molecule has 5 heteroatoms. The van der Waals surface area contributed by atoms with E-state index >= 15 is 0 Å². The van der Waals surface area contributed by atoms with Gasteiger partial charge in [-0.2, -0.15) is 11.8 Å². The van der Waals surface area contributed by atoms with Crippen LogP contribution in [0.5, 0.6) is 0 Å². The Balaban J connectivity index is 2.13. The number of fused-ring (bicyclic) bond motifs is 1. The quantitative estimate of drug-likeness (QED) is 0.815. The second kappa shape index (κ2) is 5.41. The molecule has 0 spiro atoms. The fraction of sp³-hybridized carbons (Fsp3) is 0.467. The molecule has 0 radical (unpaired) electrons. The molecule has 3 nitrogen and oxygen atoms in total. The number of rotatable bonds is 3. The summed E-state index contributed by atoms with van der Waals surface area (Å²) in [6.07, 6.45) is 2.35. The van der Waals surface area contributed by atoms with E-state index < -0.39 is 0 Å². The van der Waals surface area contributed by atoms with Gasteiger partial charge in [-0.25, -0.2) is 4.98 Å². The summed E-state index contributed by atoms with van der Waals surface area (Å²) < 4.78 is 1.89. The molecule has 2 heterocycles. The minimum Gasteiger partial charge on any atom is -0.294 e. The van der Waals surface area contributed by atoms with E-state index in [4.69, 9.17) is 11.6 Å². The Hall–Kier alpha value is -1.000. The maximum Gasteiger partial charge on any atom is 0.261 e. The van der Waals surface area contributed by atoms with Crippen molar-refractivity contribution in [3.8, 4) is 0 Å². The van der Waals surface area contributed by atoms with Crippen molar-refractivity contribution in [1.82, 2.24) is 9.55 Å². The predicted molar refractivity (Wildman–Crippen MR) is 85.7 cm³/mol. The van der Waals surface area contributed by atoms with E-state index in [2.05, 4.69) is 11.9 Å². The van der Waals surface area contributed by atoms with Crippen LogP contribution in [-0.4, -0.2) is 20.1 Å². The minimum absolute atomic E-state index is 0.0278. The van der Waals surface area contributed by atoms with Crippen molar-refractivity contribution < 1.29 is 0 Å². The van der Waals surface area contributed by atoms with Crippen LogP contribution in [-0.2, 0) is 12.4 Å². The lowest BCUT2D eigenvalue weighted by atomic mass is 10.1. The Labute approximate surface area is 127 Å². The van der Waals surface area contributed by atoms with Gasteiger partial charge in [0.15, 0.2) is 0 Å². The van der Waals surface area contributed by atoms with E-state index in [1.807, 2.05) is 36.0 Å². The second-order valence-corrected chi connectivity index (χ2v) is 7.42. The highest BCUT2D eigenvalue weighted by Gasteiger charge is 2.31. The van der Waals surface area contributed by atoms with Crippen LogP contribution in [0.1, 0.15) is 25.6 Å². The second-order valence-electron chi connectivity index (χ2n) is 5.47. The number of hydrogen-bond acceptors (Lipinski definition) is 3. The van der Waals surface area contributed by atoms with Crippen LogP contribution in [0, 0.1) is 0 Å². The van der Waals surface area contributed by atoms with Gasteiger partial charge in [-0.05, 0) is 37.7 Å². The third-order valence-electron chi connectivity index (χ3n) is 3.85. The molecular weight excluding hydrogens is 292 g/mol. The minimum atomic E-state index is 0.0278. The van der Waals surface area contributed by atoms with Crippen LogP contribution in [0.3, 0.4) is 0 Å². The standard InChI is InChI=1S/C15H17ClN2OS/c1-15(7-4-8-20-15)10-18-13(9-16)17-12-6-3-2-5-11(12)14(18)19/h2-3,5-6H,4,7-10H2,1H3. The molecule has 0 saturated carbocycles. The molecule has 3 rings (SSSR count). The Kier molecular flexibility index (Phi) is 3.78. The summed E-state index contributed by atoms with van der Waals surface area (Å²) in [5.74, 6) is 2.10. The first-order valence-electron chi connectivity index (χ1n) is 6.81. The normalized spacial score (nSPS) is 22.5. The number of halogens is 1. The summed E-state index contributed by atoms with van der Waals surface area (Å²) in [4.78, 5) is 17.2. The van der Waals surface area contributed by atoms with Gasteiger partial charge in [0.1, 0.15) is 5.82 Å². The van der Waals surface area contributed by atoms with Crippen molar-refractivity contribution >= 4 is 34.3 Å². The van der Waals surface area contributed by atoms with Crippen molar-refractivity contribution in [3.63, 3.8) is 0 Å². The number of benzene rings is 1. The molecular formula is C15H17ClN2OS. The molecule has 2 aromatic rings. The molecule has 20 heavy (non-hydrogen) atoms. The van der Waals surface area contributed by atoms with Crippen molar-refractivity contribution in [1.29, 1.82) is 0 Å². The number of alkyl halides is 1. The molecule has 1 aromatic carbocycles. The van der Waals surface area contributed by atoms with Gasteiger partial charge in [-0.3, -0.25) is 9.36 Å². The largest absolute Gasteiger partial charge is 0.294 e. The lowest BCUT2D eigenvalue weighted by molar-refractivity contribution is 0.488. The van der Waals surface area contributed by atoms with E-state index in [1.54, 1.807) is 4.57 Å². The van der Waals surface area contributed by atoms with Crippen LogP contribution in [0.2, 0.25) is 0 Å². The SMILES string of the molecule is CC1(Cn2c(CCl)nc3ccccc3c2=O)CCCS1. The van der Waals surface area contributed by atoms with Crippen molar-refractivity contribution in [2.75, 3.05) is 5.75 Å². The first-order chi connectivity index (χ1) is 9.63. The van der Waals surface area contributed by atoms with Gasteiger partial charge >= 0.3 is 0 Å². The lowest BCUT2D eigenvalue weighted by Gasteiger charge is -2.25. The molecule has 0 bridgehead atoms. The van der Waals surface area contributed by atoms with E-state index in [1.165, 1.54) is 12.2 Å². The highest BCUT2D eigenvalue weighted by molar-refractivity contribution is 8.00. The Morgan fingerprint density at radius 1 is 1.45 bits per heavy atom. The fourth-order valence-corrected chi connectivity index (χ4v) is 4.27. The van der Waals surface area contributed by atoms with Gasteiger partial charge in [-0.15, -0.1) is 11.6 Å². The van der Waals surface area contributed by atoms with Gasteiger partial charge in [0.25, 0.3) is 5.56 Å². The monoisotopic (exact) mass is 308 g/mol. The van der Waals surface area contributed by atoms with Crippen LogP contribution in [0.4, 0.5) is 0 Å². The molecule has 1 unspecified atom stereocenters. The zero-order valence-corrected chi connectivity index (χ0v) is 13.0. The number of aromatic nitrogens is 2. The van der Waals surface area contributed by atoms with Crippen LogP contribution in [0.25, 0.3) is 10.9 Å². The van der Waals surface area contributed by atoms with E-state index in [-0.39, 0.29) is 16.2 Å². The van der Waals surface area contributed by atoms with Crippen molar-refractivity contribution in [3.05, 3.63) is 40.4 Å². The van der Waals surface area contributed by atoms with Gasteiger partial charge in [0.05, 0.1) is 16.8 Å². The molecule has 1 aromatic heterocycles. The number of para-hydroxylation sites is 1. The number of nitrogens with zero attached hydrogens (tertiary/aromatic N) is 2. The molecule has 1 aliphatic rings. The summed E-state index contributed by atoms with van der Waals surface area (Å²) in [7, 11) is 0. The van der Waals surface area contributed by atoms with Crippen molar-refractivity contribution in [2.45, 2.75) is 36.9 Å². The first-order valence-corrected chi connectivity index (χ1v) is 8.33. The molecule has 106 valence electrons. The van der Waals surface area contributed by atoms with Gasteiger partial charge in [-0.1, -0.05) is 12.1 Å². The summed E-state index contributed by atoms with van der Waals surface area (Å²) in [6.45, 7) is 2.92. The van der Waals surface area contributed by atoms with Crippen LogP contribution in [0.15, 0.2) is 29.1 Å². The molecule has 1 atom stereocenters. The smallest absolute Gasteiger partial charge is 0.261 e. The summed E-state index contributed by atoms with van der Waals surface area (Å²) >= 11 is 7.95. The maximum absolute atomic E-state index is 12.7. The first kappa shape index (κ1) is 14.0. The van der Waals surface area contributed by atoms with E-state index in [0.717, 1.165) is 11.9 Å². The van der Waals surface area contributed by atoms with Gasteiger partial charge < -0.3 is 0 Å². The summed E-state index contributed by atoms with van der Waals surface area (Å²) in [5, 5.41) is 0.674. The highest BCUT2D eigenvalue weighted by Crippen LogP contribution is 2.39. The van der Waals surface area contributed by atoms with Crippen LogP contribution >= 0.6 is 23.4 Å². The Morgan fingerprint density at radius 2 is 2.25 bits per heavy atom. The topological polar surface area (TPSA) is 34.9 Å². The average molecular weight is 309 g/mol. The zero-order chi connectivity index (χ0) is 14.2. The summed E-state index contributed by atoms with van der Waals surface area (Å²) in [6, 6.07) is 7.47. The van der Waals surface area contributed by atoms with E-state index in [0.29, 0.717) is 17.8 Å². The van der Waals surface area contributed by atoms with Crippen LogP contribution < -0.4 is 5.56 Å². The number of thioether (sulfide) groups is 1. The molecule has 1 aliphatic heterocycles. The van der Waals surface area contributed by atoms with E-state index in [9.17, 15) is 4.79 Å². The molecule has 0 aliphatic carbocycles. The maximum atomic E-state index is 12.7. The molecule has 0 amide bonds. The van der Waals surface area contributed by atoms with Crippen molar-refractivity contribution in [2.24, 2.45) is 0 Å². The number of hydrogen-bond donors (Lipinski definition) is 0. The third-order valence-corrected chi connectivity index (χ3v) is 5.62. The lowest BCUT2D eigenvalue weighted by Crippen LogP contribution is -2.33. The molecule has 1 fully saturated rings. The zero-order valence-electron chi connectivity index (χ0n) is 11.4.